The Bertz CT molecular complexity index is 1180. The predicted molar refractivity (Wildman–Crippen MR) is 112 cm³/mol. The Labute approximate surface area is 168 Å². The predicted octanol–water partition coefficient (Wildman–Crippen LogP) is 3.26. The number of carbonyl (C=O) groups is 1. The van der Waals surface area contributed by atoms with Gasteiger partial charge in [-0.05, 0) is 50.7 Å². The molecular weight excluding hydrogens is 364 g/mol. The molecule has 29 heavy (non-hydrogen) atoms. The molecule has 146 valence electrons. The highest BCUT2D eigenvalue weighted by Crippen LogP contribution is 2.35. The molecule has 2 N–H and O–H groups in total. The molecule has 3 aromatic heterocycles. The van der Waals surface area contributed by atoms with Crippen LogP contribution in [0, 0.1) is 24.7 Å². The number of anilines is 2. The molecule has 0 unspecified atom stereocenters. The van der Waals surface area contributed by atoms with Gasteiger partial charge in [0.1, 0.15) is 17.3 Å². The van der Waals surface area contributed by atoms with E-state index in [0.29, 0.717) is 11.9 Å². The average Bonchev–Trinajstić information content (AvgIpc) is 3.63. The highest BCUT2D eigenvalue weighted by atomic mass is 16.2. The number of fused-ring (bicyclic) bond motifs is 1. The lowest BCUT2D eigenvalue weighted by Crippen LogP contribution is -2.14. The molecule has 0 atom stereocenters. The number of nitrogens with zero attached hydrogens (tertiary/aromatic N) is 4. The van der Waals surface area contributed by atoms with Gasteiger partial charge in [0.2, 0.25) is 5.91 Å². The van der Waals surface area contributed by atoms with Crippen LogP contribution in [-0.2, 0) is 4.79 Å². The van der Waals surface area contributed by atoms with E-state index in [-0.39, 0.29) is 11.8 Å². The third-order valence-electron chi connectivity index (χ3n) is 5.35. The first-order chi connectivity index (χ1) is 14.1. The lowest BCUT2D eigenvalue weighted by molar-refractivity contribution is -0.117. The quantitative estimate of drug-likeness (QED) is 0.673. The number of amides is 1. The van der Waals surface area contributed by atoms with E-state index in [9.17, 15) is 4.79 Å². The summed E-state index contributed by atoms with van der Waals surface area (Å²) in [6.45, 7) is 2.07. The Morgan fingerprint density at radius 2 is 1.93 bits per heavy atom. The maximum atomic E-state index is 12.1. The van der Waals surface area contributed by atoms with Gasteiger partial charge in [-0.1, -0.05) is 5.92 Å². The Balaban J connectivity index is 1.52. The standard InChI is InChI=1S/C22H22N6O/c1-13-9-16(27-28(13)17-7-8-17)6-5-15-11-25-21(23-2)19-12-24-20(10-18(15)19)26-22(29)14-3-4-14/h9-12,14,17H,3-4,7-8H2,1-2H3,(H,23,25)(H,24,26,29). The Morgan fingerprint density at radius 3 is 2.66 bits per heavy atom. The van der Waals surface area contributed by atoms with Gasteiger partial charge in [0, 0.05) is 41.8 Å². The van der Waals surface area contributed by atoms with E-state index >= 15 is 0 Å². The van der Waals surface area contributed by atoms with Gasteiger partial charge in [-0.15, -0.1) is 0 Å². The first-order valence-corrected chi connectivity index (χ1v) is 9.98. The molecule has 3 heterocycles. The summed E-state index contributed by atoms with van der Waals surface area (Å²) >= 11 is 0. The van der Waals surface area contributed by atoms with Crippen molar-refractivity contribution in [2.45, 2.75) is 38.6 Å². The van der Waals surface area contributed by atoms with Gasteiger partial charge in [0.15, 0.2) is 0 Å². The molecule has 2 aliphatic rings. The summed E-state index contributed by atoms with van der Waals surface area (Å²) in [5.74, 6) is 7.82. The van der Waals surface area contributed by atoms with E-state index in [0.717, 1.165) is 46.4 Å². The van der Waals surface area contributed by atoms with Crippen molar-refractivity contribution in [2.75, 3.05) is 17.7 Å². The van der Waals surface area contributed by atoms with Crippen LogP contribution in [0.5, 0.6) is 0 Å². The van der Waals surface area contributed by atoms with Crippen LogP contribution >= 0.6 is 0 Å². The molecule has 0 radical (unpaired) electrons. The van der Waals surface area contributed by atoms with Crippen LogP contribution < -0.4 is 10.6 Å². The number of aromatic nitrogens is 4. The number of aryl methyl sites for hydroxylation is 1. The molecule has 0 bridgehead atoms. The van der Waals surface area contributed by atoms with Crippen molar-refractivity contribution in [1.29, 1.82) is 0 Å². The first kappa shape index (κ1) is 17.7. The Morgan fingerprint density at radius 1 is 1.10 bits per heavy atom. The summed E-state index contributed by atoms with van der Waals surface area (Å²) < 4.78 is 2.07. The summed E-state index contributed by atoms with van der Waals surface area (Å²) in [6.07, 6.45) is 7.77. The zero-order valence-electron chi connectivity index (χ0n) is 16.5. The molecule has 7 heteroatoms. The van der Waals surface area contributed by atoms with Crippen LogP contribution in [-0.4, -0.2) is 32.7 Å². The van der Waals surface area contributed by atoms with Gasteiger partial charge >= 0.3 is 0 Å². The molecule has 0 aliphatic heterocycles. The number of hydrogen-bond donors (Lipinski definition) is 2. The van der Waals surface area contributed by atoms with Gasteiger partial charge in [0.05, 0.1) is 11.6 Å². The second-order valence-electron chi connectivity index (χ2n) is 7.75. The molecule has 7 nitrogen and oxygen atoms in total. The summed E-state index contributed by atoms with van der Waals surface area (Å²) in [5.41, 5.74) is 2.68. The fraction of sp³-hybridized carbons (Fsp3) is 0.364. The Hall–Kier alpha value is -3.40. The summed E-state index contributed by atoms with van der Waals surface area (Å²) in [6, 6.07) is 4.42. The van der Waals surface area contributed by atoms with Crippen LogP contribution in [0.15, 0.2) is 24.5 Å². The van der Waals surface area contributed by atoms with E-state index in [4.69, 9.17) is 0 Å². The van der Waals surface area contributed by atoms with Crippen LogP contribution in [0.4, 0.5) is 11.6 Å². The molecule has 1 amide bonds. The molecule has 0 spiro atoms. The summed E-state index contributed by atoms with van der Waals surface area (Å²) in [4.78, 5) is 21.0. The van der Waals surface area contributed by atoms with Crippen molar-refractivity contribution >= 4 is 28.3 Å². The van der Waals surface area contributed by atoms with E-state index < -0.39 is 0 Å². The minimum Gasteiger partial charge on any atom is -0.373 e. The third kappa shape index (κ3) is 3.54. The number of pyridine rings is 2. The van der Waals surface area contributed by atoms with Crippen molar-refractivity contribution in [1.82, 2.24) is 19.7 Å². The second kappa shape index (κ2) is 6.89. The SMILES string of the molecule is CNc1ncc(C#Cc2cc(C)n(C3CC3)n2)c2cc(NC(=O)C3CC3)ncc12. The monoisotopic (exact) mass is 386 g/mol. The number of rotatable bonds is 4. The van der Waals surface area contributed by atoms with Gasteiger partial charge in [-0.2, -0.15) is 5.10 Å². The second-order valence-corrected chi connectivity index (χ2v) is 7.75. The van der Waals surface area contributed by atoms with E-state index in [2.05, 4.69) is 49.1 Å². The molecule has 2 aliphatic carbocycles. The maximum absolute atomic E-state index is 12.1. The highest BCUT2D eigenvalue weighted by molar-refractivity contribution is 5.99. The maximum Gasteiger partial charge on any atom is 0.228 e. The van der Waals surface area contributed by atoms with Crippen LogP contribution in [0.3, 0.4) is 0 Å². The van der Waals surface area contributed by atoms with E-state index in [1.165, 1.54) is 12.8 Å². The zero-order chi connectivity index (χ0) is 20.0. The van der Waals surface area contributed by atoms with Crippen molar-refractivity contribution in [2.24, 2.45) is 5.92 Å². The van der Waals surface area contributed by atoms with Crippen molar-refractivity contribution in [3.05, 3.63) is 41.5 Å². The van der Waals surface area contributed by atoms with Gasteiger partial charge < -0.3 is 10.6 Å². The molecule has 2 fully saturated rings. The number of carbonyl (C=O) groups excluding carboxylic acids is 1. The molecule has 5 rings (SSSR count). The zero-order valence-corrected chi connectivity index (χ0v) is 16.5. The molecule has 2 saturated carbocycles. The minimum atomic E-state index is 0.0356. The Kier molecular flexibility index (Phi) is 4.20. The average molecular weight is 386 g/mol. The molecule has 0 saturated heterocycles. The van der Waals surface area contributed by atoms with Gasteiger partial charge in [-0.3, -0.25) is 9.48 Å². The van der Waals surface area contributed by atoms with Crippen LogP contribution in [0.25, 0.3) is 10.8 Å². The number of hydrogen-bond acceptors (Lipinski definition) is 5. The van der Waals surface area contributed by atoms with E-state index in [1.54, 1.807) is 12.4 Å². The van der Waals surface area contributed by atoms with E-state index in [1.807, 2.05) is 19.2 Å². The van der Waals surface area contributed by atoms with Crippen molar-refractivity contribution < 1.29 is 4.79 Å². The molecule has 0 aromatic carbocycles. The van der Waals surface area contributed by atoms with Crippen molar-refractivity contribution in [3.8, 4) is 11.8 Å². The topological polar surface area (TPSA) is 84.7 Å². The lowest BCUT2D eigenvalue weighted by atomic mass is 10.1. The first-order valence-electron chi connectivity index (χ1n) is 9.98. The smallest absolute Gasteiger partial charge is 0.228 e. The molecular formula is C22H22N6O. The fourth-order valence-electron chi connectivity index (χ4n) is 3.45. The largest absolute Gasteiger partial charge is 0.373 e. The fourth-order valence-corrected chi connectivity index (χ4v) is 3.45. The summed E-state index contributed by atoms with van der Waals surface area (Å²) in [5, 5.41) is 12.4. The summed E-state index contributed by atoms with van der Waals surface area (Å²) in [7, 11) is 1.82. The normalized spacial score (nSPS) is 15.7. The highest BCUT2D eigenvalue weighted by Gasteiger charge is 2.30. The molecule has 3 aromatic rings. The minimum absolute atomic E-state index is 0.0356. The third-order valence-corrected chi connectivity index (χ3v) is 5.35. The van der Waals surface area contributed by atoms with Gasteiger partial charge in [-0.25, -0.2) is 9.97 Å². The van der Waals surface area contributed by atoms with Gasteiger partial charge in [0.25, 0.3) is 0 Å². The van der Waals surface area contributed by atoms with Crippen molar-refractivity contribution in [3.63, 3.8) is 0 Å². The number of nitrogens with one attached hydrogen (secondary N) is 2. The van der Waals surface area contributed by atoms with Crippen LogP contribution in [0.2, 0.25) is 0 Å². The lowest BCUT2D eigenvalue weighted by Gasteiger charge is -2.09. The van der Waals surface area contributed by atoms with Crippen LogP contribution in [0.1, 0.15) is 48.7 Å².